The van der Waals surface area contributed by atoms with Crippen LogP contribution in [0.15, 0.2) is 45.4 Å². The fourth-order valence-electron chi connectivity index (χ4n) is 1.52. The predicted octanol–water partition coefficient (Wildman–Crippen LogP) is 2.91. The molecule has 2 rings (SSSR count). The van der Waals surface area contributed by atoms with E-state index < -0.39 is 11.6 Å². The predicted molar refractivity (Wildman–Crippen MR) is 72.0 cm³/mol. The van der Waals surface area contributed by atoms with Crippen molar-refractivity contribution < 1.29 is 14.0 Å². The summed E-state index contributed by atoms with van der Waals surface area (Å²) >= 11 is 0.983. The number of aryl methyl sites for hydroxylation is 1. The number of hydrogen-bond acceptors (Lipinski definition) is 4. The van der Waals surface area contributed by atoms with Crippen molar-refractivity contribution in [2.75, 3.05) is 0 Å². The Balaban J connectivity index is 2.44. The minimum absolute atomic E-state index is 0.123. The van der Waals surface area contributed by atoms with Crippen molar-refractivity contribution in [1.29, 1.82) is 0 Å². The molecule has 0 spiro atoms. The van der Waals surface area contributed by atoms with Crippen molar-refractivity contribution >= 4 is 17.6 Å². The zero-order valence-electron chi connectivity index (χ0n) is 10.5. The van der Waals surface area contributed by atoms with E-state index in [4.69, 9.17) is 10.9 Å². The van der Waals surface area contributed by atoms with Crippen LogP contribution in [-0.2, 0) is 0 Å². The van der Waals surface area contributed by atoms with Gasteiger partial charge in [-0.15, -0.1) is 0 Å². The Morgan fingerprint density at radius 2 is 2.05 bits per heavy atom. The lowest BCUT2D eigenvalue weighted by atomic mass is 10.2. The van der Waals surface area contributed by atoms with Gasteiger partial charge >= 0.3 is 0 Å². The van der Waals surface area contributed by atoms with E-state index in [0.29, 0.717) is 16.3 Å². The van der Waals surface area contributed by atoms with E-state index in [9.17, 15) is 8.78 Å². The van der Waals surface area contributed by atoms with Crippen LogP contribution in [0.5, 0.6) is 0 Å². The molecule has 4 nitrogen and oxygen atoms in total. The molecule has 0 fully saturated rings. The quantitative estimate of drug-likeness (QED) is 0.395. The van der Waals surface area contributed by atoms with Gasteiger partial charge in [-0.25, -0.2) is 13.8 Å². The number of hydrogen-bond donors (Lipinski definition) is 2. The summed E-state index contributed by atoms with van der Waals surface area (Å²) in [7, 11) is 0. The second kappa shape index (κ2) is 5.87. The van der Waals surface area contributed by atoms with Crippen LogP contribution in [0.25, 0.3) is 0 Å². The summed E-state index contributed by atoms with van der Waals surface area (Å²) in [6, 6.07) is 6.58. The Hall–Kier alpha value is -2.15. The first-order valence-corrected chi connectivity index (χ1v) is 6.41. The molecule has 104 valence electrons. The Morgan fingerprint density at radius 3 is 2.70 bits per heavy atom. The maximum atomic E-state index is 13.7. The molecule has 0 aliphatic heterocycles. The zero-order valence-corrected chi connectivity index (χ0v) is 11.3. The SMILES string of the molecule is Cc1ccc(C(N)=NO)c(Sc2ccc(F)cc2F)n1. The summed E-state index contributed by atoms with van der Waals surface area (Å²) in [5.74, 6) is -1.47. The summed E-state index contributed by atoms with van der Waals surface area (Å²) in [4.78, 5) is 4.44. The third kappa shape index (κ3) is 3.05. The number of pyridine rings is 1. The molecule has 1 heterocycles. The number of amidine groups is 1. The average Bonchev–Trinajstić information content (AvgIpc) is 2.41. The molecule has 0 bridgehead atoms. The topological polar surface area (TPSA) is 71.5 Å². The number of benzene rings is 1. The lowest BCUT2D eigenvalue weighted by molar-refractivity contribution is 0.318. The van der Waals surface area contributed by atoms with E-state index in [1.807, 2.05) is 0 Å². The minimum Gasteiger partial charge on any atom is -0.409 e. The molecule has 0 saturated carbocycles. The molecule has 7 heteroatoms. The first-order valence-electron chi connectivity index (χ1n) is 5.59. The van der Waals surface area contributed by atoms with Gasteiger partial charge in [-0.3, -0.25) is 0 Å². The number of halogens is 2. The van der Waals surface area contributed by atoms with Crippen LogP contribution in [0.4, 0.5) is 8.78 Å². The smallest absolute Gasteiger partial charge is 0.172 e. The van der Waals surface area contributed by atoms with Gasteiger partial charge in [0.05, 0.1) is 5.56 Å². The maximum absolute atomic E-state index is 13.7. The molecule has 0 aliphatic rings. The highest BCUT2D eigenvalue weighted by Gasteiger charge is 2.13. The van der Waals surface area contributed by atoms with Crippen LogP contribution in [0.3, 0.4) is 0 Å². The van der Waals surface area contributed by atoms with Gasteiger partial charge in [-0.05, 0) is 31.2 Å². The second-order valence-electron chi connectivity index (χ2n) is 3.97. The van der Waals surface area contributed by atoms with Gasteiger partial charge < -0.3 is 10.9 Å². The molecule has 1 aromatic carbocycles. The molecule has 0 saturated heterocycles. The van der Waals surface area contributed by atoms with Gasteiger partial charge in [0.2, 0.25) is 0 Å². The first kappa shape index (κ1) is 14.3. The highest BCUT2D eigenvalue weighted by molar-refractivity contribution is 7.99. The molecule has 0 atom stereocenters. The molecule has 2 aromatic rings. The van der Waals surface area contributed by atoms with E-state index in [-0.39, 0.29) is 10.7 Å². The molecule has 0 radical (unpaired) electrons. The van der Waals surface area contributed by atoms with E-state index in [1.54, 1.807) is 19.1 Å². The number of rotatable bonds is 3. The highest BCUT2D eigenvalue weighted by Crippen LogP contribution is 2.31. The summed E-state index contributed by atoms with van der Waals surface area (Å²) in [6.07, 6.45) is 0. The van der Waals surface area contributed by atoms with Crippen LogP contribution >= 0.6 is 11.8 Å². The molecule has 0 amide bonds. The Morgan fingerprint density at radius 1 is 1.30 bits per heavy atom. The van der Waals surface area contributed by atoms with Crippen LogP contribution in [0.2, 0.25) is 0 Å². The van der Waals surface area contributed by atoms with Crippen molar-refractivity contribution in [3.63, 3.8) is 0 Å². The summed E-state index contributed by atoms with van der Waals surface area (Å²) in [6.45, 7) is 1.77. The minimum atomic E-state index is -0.691. The van der Waals surface area contributed by atoms with Crippen molar-refractivity contribution in [2.45, 2.75) is 16.8 Å². The average molecular weight is 295 g/mol. The molecule has 1 aromatic heterocycles. The van der Waals surface area contributed by atoms with Crippen molar-refractivity contribution in [3.05, 3.63) is 53.2 Å². The van der Waals surface area contributed by atoms with E-state index in [0.717, 1.165) is 23.9 Å². The molecular weight excluding hydrogens is 284 g/mol. The molecule has 20 heavy (non-hydrogen) atoms. The number of aromatic nitrogens is 1. The fourth-order valence-corrected chi connectivity index (χ4v) is 2.49. The lowest BCUT2D eigenvalue weighted by Crippen LogP contribution is -2.15. The monoisotopic (exact) mass is 295 g/mol. The number of nitrogens with zero attached hydrogens (tertiary/aromatic N) is 2. The van der Waals surface area contributed by atoms with Gasteiger partial charge in [0.1, 0.15) is 16.7 Å². The summed E-state index contributed by atoms with van der Waals surface area (Å²) in [5, 5.41) is 12.0. The third-order valence-electron chi connectivity index (χ3n) is 2.48. The zero-order chi connectivity index (χ0) is 14.7. The standard InChI is InChI=1S/C13H11F2N3OS/c1-7-2-4-9(12(16)18-19)13(17-7)20-11-5-3-8(14)6-10(11)15/h2-6,19H,1H3,(H2,16,18). The second-order valence-corrected chi connectivity index (χ2v) is 5.00. The van der Waals surface area contributed by atoms with Crippen LogP contribution in [0.1, 0.15) is 11.3 Å². The summed E-state index contributed by atoms with van der Waals surface area (Å²) in [5.41, 5.74) is 6.63. The normalized spacial score (nSPS) is 11.7. The van der Waals surface area contributed by atoms with Crippen molar-refractivity contribution in [2.24, 2.45) is 10.9 Å². The van der Waals surface area contributed by atoms with E-state index in [1.165, 1.54) is 6.07 Å². The lowest BCUT2D eigenvalue weighted by Gasteiger charge is -2.08. The van der Waals surface area contributed by atoms with Gasteiger partial charge in [0.15, 0.2) is 5.84 Å². The molecule has 0 unspecified atom stereocenters. The van der Waals surface area contributed by atoms with Crippen LogP contribution in [0, 0.1) is 18.6 Å². The van der Waals surface area contributed by atoms with Gasteiger partial charge in [0.25, 0.3) is 0 Å². The van der Waals surface area contributed by atoms with Gasteiger partial charge in [-0.1, -0.05) is 16.9 Å². The Labute approximate surface area is 118 Å². The van der Waals surface area contributed by atoms with Gasteiger partial charge in [-0.2, -0.15) is 0 Å². The highest BCUT2D eigenvalue weighted by atomic mass is 32.2. The third-order valence-corrected chi connectivity index (χ3v) is 3.54. The van der Waals surface area contributed by atoms with Crippen molar-refractivity contribution in [3.8, 4) is 0 Å². The van der Waals surface area contributed by atoms with Crippen LogP contribution in [-0.4, -0.2) is 16.0 Å². The molecule has 3 N–H and O–H groups in total. The number of oxime groups is 1. The van der Waals surface area contributed by atoms with Crippen molar-refractivity contribution in [1.82, 2.24) is 4.98 Å². The van der Waals surface area contributed by atoms with Gasteiger partial charge in [0, 0.05) is 16.7 Å². The van der Waals surface area contributed by atoms with E-state index >= 15 is 0 Å². The van der Waals surface area contributed by atoms with E-state index in [2.05, 4.69) is 10.1 Å². The number of nitrogens with two attached hydrogens (primary N) is 1. The largest absolute Gasteiger partial charge is 0.409 e. The van der Waals surface area contributed by atoms with Crippen LogP contribution < -0.4 is 5.73 Å². The first-order chi connectivity index (χ1) is 9.51. The Kier molecular flexibility index (Phi) is 4.19. The summed E-state index contributed by atoms with van der Waals surface area (Å²) < 4.78 is 26.5. The molecule has 0 aliphatic carbocycles. The fraction of sp³-hybridized carbons (Fsp3) is 0.0769. The maximum Gasteiger partial charge on any atom is 0.172 e. The Bertz CT molecular complexity index is 677. The molecular formula is C13H11F2N3OS.